The van der Waals surface area contributed by atoms with Crippen molar-refractivity contribution in [2.75, 3.05) is 20.6 Å². The first kappa shape index (κ1) is 15.8. The van der Waals surface area contributed by atoms with Gasteiger partial charge in [-0.2, -0.15) is 13.2 Å². The van der Waals surface area contributed by atoms with E-state index in [0.717, 1.165) is 31.5 Å². The highest BCUT2D eigenvalue weighted by Gasteiger charge is 2.33. The number of hydrogen-bond donors (Lipinski definition) is 0. The van der Waals surface area contributed by atoms with Crippen LogP contribution in [0.5, 0.6) is 0 Å². The summed E-state index contributed by atoms with van der Waals surface area (Å²) in [7, 11) is 3.40. The third kappa shape index (κ3) is 3.75. The van der Waals surface area contributed by atoms with Gasteiger partial charge in [0.25, 0.3) is 0 Å². The van der Waals surface area contributed by atoms with Crippen LogP contribution < -0.4 is 0 Å². The van der Waals surface area contributed by atoms with Crippen LogP contribution in [0.3, 0.4) is 0 Å². The van der Waals surface area contributed by atoms with Crippen molar-refractivity contribution in [2.45, 2.75) is 31.6 Å². The summed E-state index contributed by atoms with van der Waals surface area (Å²) in [4.78, 5) is 15.6. The summed E-state index contributed by atoms with van der Waals surface area (Å²) in [5.41, 5.74) is -0.0574. The normalized spacial score (nSPS) is 19.8. The number of benzene rings is 1. The molecule has 0 N–H and O–H groups in total. The van der Waals surface area contributed by atoms with E-state index in [1.165, 1.54) is 11.0 Å². The molecule has 1 atom stereocenters. The molecule has 1 aromatic rings. The summed E-state index contributed by atoms with van der Waals surface area (Å²) in [6, 6.07) is 5.09. The van der Waals surface area contributed by atoms with Gasteiger partial charge < -0.3 is 4.90 Å². The first-order valence-corrected chi connectivity index (χ1v) is 6.90. The van der Waals surface area contributed by atoms with Gasteiger partial charge >= 0.3 is 6.18 Å². The molecule has 1 aliphatic rings. The predicted molar refractivity (Wildman–Crippen MR) is 73.6 cm³/mol. The molecule has 0 aromatic heterocycles. The number of halogens is 3. The Morgan fingerprint density at radius 3 is 2.71 bits per heavy atom. The molecule has 116 valence electrons. The van der Waals surface area contributed by atoms with Crippen LogP contribution in [-0.4, -0.2) is 42.4 Å². The van der Waals surface area contributed by atoms with Gasteiger partial charge in [0.2, 0.25) is 5.91 Å². The summed E-state index contributed by atoms with van der Waals surface area (Å²) in [5, 5.41) is 0. The van der Waals surface area contributed by atoms with E-state index >= 15 is 0 Å². The van der Waals surface area contributed by atoms with Crippen molar-refractivity contribution in [3.63, 3.8) is 0 Å². The third-order valence-electron chi connectivity index (χ3n) is 3.73. The van der Waals surface area contributed by atoms with Gasteiger partial charge in [0, 0.05) is 20.6 Å². The zero-order chi connectivity index (χ0) is 15.6. The second kappa shape index (κ2) is 6.05. The summed E-state index contributed by atoms with van der Waals surface area (Å²) in [6.07, 6.45) is -2.68. The maximum Gasteiger partial charge on any atom is 0.416 e. The van der Waals surface area contributed by atoms with Crippen molar-refractivity contribution < 1.29 is 18.0 Å². The van der Waals surface area contributed by atoms with E-state index in [1.54, 1.807) is 20.2 Å². The molecule has 2 rings (SSSR count). The Morgan fingerprint density at radius 2 is 2.10 bits per heavy atom. The smallest absolute Gasteiger partial charge is 0.347 e. The summed E-state index contributed by atoms with van der Waals surface area (Å²) >= 11 is 0. The van der Waals surface area contributed by atoms with E-state index in [-0.39, 0.29) is 11.9 Å². The highest BCUT2D eigenvalue weighted by atomic mass is 19.4. The number of hydrogen-bond acceptors (Lipinski definition) is 2. The van der Waals surface area contributed by atoms with E-state index < -0.39 is 11.7 Å². The molecule has 1 saturated heterocycles. The predicted octanol–water partition coefficient (Wildman–Crippen LogP) is 2.76. The van der Waals surface area contributed by atoms with E-state index in [1.807, 2.05) is 4.90 Å². The van der Waals surface area contributed by atoms with Crippen LogP contribution in [0.1, 0.15) is 24.0 Å². The van der Waals surface area contributed by atoms with E-state index in [2.05, 4.69) is 0 Å². The number of alkyl halides is 3. The minimum atomic E-state index is -4.33. The average molecular weight is 300 g/mol. The highest BCUT2D eigenvalue weighted by molar-refractivity contribution is 5.81. The van der Waals surface area contributed by atoms with E-state index in [4.69, 9.17) is 0 Å². The van der Waals surface area contributed by atoms with Crippen molar-refractivity contribution in [1.29, 1.82) is 0 Å². The van der Waals surface area contributed by atoms with E-state index in [0.29, 0.717) is 12.1 Å². The average Bonchev–Trinajstić information content (AvgIpc) is 2.85. The van der Waals surface area contributed by atoms with Crippen LogP contribution in [-0.2, 0) is 17.5 Å². The summed E-state index contributed by atoms with van der Waals surface area (Å²) in [5.74, 6) is 0.0134. The van der Waals surface area contributed by atoms with Crippen LogP contribution in [0.4, 0.5) is 13.2 Å². The highest BCUT2D eigenvalue weighted by Crippen LogP contribution is 2.30. The van der Waals surface area contributed by atoms with Crippen molar-refractivity contribution in [3.05, 3.63) is 35.4 Å². The van der Waals surface area contributed by atoms with Crippen LogP contribution in [0.2, 0.25) is 0 Å². The number of carbonyl (C=O) groups is 1. The van der Waals surface area contributed by atoms with Crippen LogP contribution in [0.15, 0.2) is 24.3 Å². The molecular formula is C15H19F3N2O. The maximum atomic E-state index is 12.7. The molecule has 1 aromatic carbocycles. The number of carbonyl (C=O) groups excluding carboxylic acids is 1. The largest absolute Gasteiger partial charge is 0.416 e. The number of rotatable bonds is 3. The molecule has 1 aliphatic heterocycles. The van der Waals surface area contributed by atoms with Crippen molar-refractivity contribution in [3.8, 4) is 0 Å². The molecular weight excluding hydrogens is 281 g/mol. The van der Waals surface area contributed by atoms with Gasteiger partial charge in [0.15, 0.2) is 0 Å². The first-order chi connectivity index (χ1) is 9.79. The molecule has 1 unspecified atom stereocenters. The lowest BCUT2D eigenvalue weighted by atomic mass is 10.1. The lowest BCUT2D eigenvalue weighted by Crippen LogP contribution is -2.42. The first-order valence-electron chi connectivity index (χ1n) is 6.90. The molecule has 0 aliphatic carbocycles. The van der Waals surface area contributed by atoms with Gasteiger partial charge in [-0.1, -0.05) is 18.2 Å². The van der Waals surface area contributed by atoms with Gasteiger partial charge in [-0.25, -0.2) is 0 Å². The van der Waals surface area contributed by atoms with Crippen molar-refractivity contribution in [1.82, 2.24) is 9.80 Å². The molecule has 3 nitrogen and oxygen atoms in total. The molecule has 0 saturated carbocycles. The molecule has 1 fully saturated rings. The fourth-order valence-electron chi connectivity index (χ4n) is 2.67. The monoisotopic (exact) mass is 300 g/mol. The number of nitrogens with zero attached hydrogens (tertiary/aromatic N) is 2. The van der Waals surface area contributed by atoms with Gasteiger partial charge in [-0.3, -0.25) is 9.69 Å². The lowest BCUT2D eigenvalue weighted by Gasteiger charge is -2.26. The standard InChI is InChI=1S/C15H19F3N2O/c1-19(2)14(21)13-7-4-8-20(13)10-11-5-3-6-12(9-11)15(16,17)18/h3,5-6,9,13H,4,7-8,10H2,1-2H3. The second-order valence-electron chi connectivity index (χ2n) is 5.56. The number of amides is 1. The zero-order valence-corrected chi connectivity index (χ0v) is 12.2. The van der Waals surface area contributed by atoms with Gasteiger partial charge in [0.05, 0.1) is 11.6 Å². The molecule has 6 heteroatoms. The summed E-state index contributed by atoms with van der Waals surface area (Å²) in [6.45, 7) is 1.11. The van der Waals surface area contributed by atoms with Crippen molar-refractivity contribution in [2.24, 2.45) is 0 Å². The lowest BCUT2D eigenvalue weighted by molar-refractivity contribution is -0.138. The van der Waals surface area contributed by atoms with Crippen LogP contribution in [0.25, 0.3) is 0 Å². The molecule has 21 heavy (non-hydrogen) atoms. The van der Waals surface area contributed by atoms with Crippen LogP contribution >= 0.6 is 0 Å². The SMILES string of the molecule is CN(C)C(=O)C1CCCN1Cc1cccc(C(F)(F)F)c1. The van der Waals surface area contributed by atoms with Gasteiger partial charge in [-0.05, 0) is 31.0 Å². The molecule has 0 bridgehead atoms. The Labute approximate surface area is 122 Å². The molecule has 1 heterocycles. The minimum Gasteiger partial charge on any atom is -0.347 e. The zero-order valence-electron chi connectivity index (χ0n) is 12.2. The Hall–Kier alpha value is -1.56. The topological polar surface area (TPSA) is 23.6 Å². The van der Waals surface area contributed by atoms with Gasteiger partial charge in [-0.15, -0.1) is 0 Å². The van der Waals surface area contributed by atoms with Gasteiger partial charge in [0.1, 0.15) is 0 Å². The van der Waals surface area contributed by atoms with Crippen molar-refractivity contribution >= 4 is 5.91 Å². The molecule has 1 amide bonds. The fourth-order valence-corrected chi connectivity index (χ4v) is 2.67. The Kier molecular flexibility index (Phi) is 4.56. The Balaban J connectivity index is 2.12. The molecule has 0 radical (unpaired) electrons. The Bertz CT molecular complexity index is 514. The Morgan fingerprint density at radius 1 is 1.38 bits per heavy atom. The summed E-state index contributed by atoms with van der Waals surface area (Å²) < 4.78 is 38.2. The quantitative estimate of drug-likeness (QED) is 0.857. The molecule has 0 spiro atoms. The number of likely N-dealkylation sites (N-methyl/N-ethyl adjacent to an activating group) is 1. The fraction of sp³-hybridized carbons (Fsp3) is 0.533. The van der Waals surface area contributed by atoms with Crippen LogP contribution in [0, 0.1) is 0 Å². The number of likely N-dealkylation sites (tertiary alicyclic amines) is 1. The van der Waals surface area contributed by atoms with E-state index in [9.17, 15) is 18.0 Å². The third-order valence-corrected chi connectivity index (χ3v) is 3.73. The minimum absolute atomic E-state index is 0.0134. The maximum absolute atomic E-state index is 12.7. The second-order valence-corrected chi connectivity index (χ2v) is 5.56.